The van der Waals surface area contributed by atoms with Crippen LogP contribution in [0.4, 0.5) is 0 Å². The molecule has 148 valence electrons. The smallest absolute Gasteiger partial charge is 0.329 e. The number of rotatable bonds is 4. The van der Waals surface area contributed by atoms with E-state index in [0.29, 0.717) is 23.5 Å². The quantitative estimate of drug-likeness (QED) is 0.841. The number of nitrogens with zero attached hydrogens (tertiary/aromatic N) is 2. The van der Waals surface area contributed by atoms with Crippen molar-refractivity contribution < 1.29 is 9.90 Å². The van der Waals surface area contributed by atoms with E-state index < -0.39 is 11.5 Å². The maximum atomic E-state index is 13.5. The van der Waals surface area contributed by atoms with Gasteiger partial charge in [-0.3, -0.25) is 9.36 Å². The number of carboxylic acids is 1. The SMILES string of the molecule is CCCc1nc2sc3c(c2c(=O)n1C(C)(C)C(=O)O)CCC(C(C)(C)C)C3. The lowest BCUT2D eigenvalue weighted by molar-refractivity contribution is -0.146. The number of carbonyl (C=O) groups is 1. The first kappa shape index (κ1) is 20.1. The van der Waals surface area contributed by atoms with Crippen LogP contribution in [-0.2, 0) is 29.6 Å². The molecule has 3 rings (SSSR count). The molecule has 1 atom stereocenters. The molecule has 1 aliphatic carbocycles. The summed E-state index contributed by atoms with van der Waals surface area (Å²) in [6.07, 6.45) is 4.31. The number of aryl methyl sites for hydroxylation is 2. The van der Waals surface area contributed by atoms with Crippen LogP contribution in [0.25, 0.3) is 10.2 Å². The summed E-state index contributed by atoms with van der Waals surface area (Å²) in [6, 6.07) is 0. The van der Waals surface area contributed by atoms with Gasteiger partial charge in [0, 0.05) is 11.3 Å². The summed E-state index contributed by atoms with van der Waals surface area (Å²) in [6.45, 7) is 12.0. The Kier molecular flexibility index (Phi) is 5.00. The Hall–Kier alpha value is -1.69. The second kappa shape index (κ2) is 6.73. The van der Waals surface area contributed by atoms with Gasteiger partial charge in [-0.2, -0.15) is 0 Å². The number of thiophene rings is 1. The van der Waals surface area contributed by atoms with Crippen LogP contribution in [0.5, 0.6) is 0 Å². The minimum absolute atomic E-state index is 0.192. The summed E-state index contributed by atoms with van der Waals surface area (Å²) in [5.74, 6) is 0.152. The van der Waals surface area contributed by atoms with Gasteiger partial charge >= 0.3 is 5.97 Å². The van der Waals surface area contributed by atoms with Gasteiger partial charge in [-0.15, -0.1) is 11.3 Å². The van der Waals surface area contributed by atoms with Gasteiger partial charge < -0.3 is 5.11 Å². The van der Waals surface area contributed by atoms with Gasteiger partial charge in [0.15, 0.2) is 0 Å². The van der Waals surface area contributed by atoms with Gasteiger partial charge in [-0.05, 0) is 56.4 Å². The molecule has 2 heterocycles. The molecule has 1 N–H and O–H groups in total. The molecular formula is C21H30N2O3S. The van der Waals surface area contributed by atoms with Gasteiger partial charge in [0.2, 0.25) is 0 Å². The van der Waals surface area contributed by atoms with E-state index in [9.17, 15) is 14.7 Å². The Morgan fingerprint density at radius 3 is 2.52 bits per heavy atom. The van der Waals surface area contributed by atoms with Crippen molar-refractivity contribution in [3.63, 3.8) is 0 Å². The zero-order valence-electron chi connectivity index (χ0n) is 17.2. The summed E-state index contributed by atoms with van der Waals surface area (Å²) >= 11 is 1.63. The second-order valence-electron chi connectivity index (χ2n) is 9.27. The van der Waals surface area contributed by atoms with E-state index in [1.54, 1.807) is 25.2 Å². The molecule has 0 aliphatic heterocycles. The van der Waals surface area contributed by atoms with Crippen molar-refractivity contribution in [2.75, 3.05) is 0 Å². The monoisotopic (exact) mass is 390 g/mol. The highest BCUT2D eigenvalue weighted by molar-refractivity contribution is 7.18. The van der Waals surface area contributed by atoms with Crippen molar-refractivity contribution in [1.82, 2.24) is 9.55 Å². The Labute approximate surface area is 164 Å². The number of fused-ring (bicyclic) bond motifs is 3. The number of hydrogen-bond acceptors (Lipinski definition) is 4. The molecule has 2 aromatic rings. The zero-order valence-corrected chi connectivity index (χ0v) is 18.0. The van der Waals surface area contributed by atoms with E-state index in [1.165, 1.54) is 9.44 Å². The van der Waals surface area contributed by atoms with E-state index in [-0.39, 0.29) is 11.0 Å². The molecule has 6 heteroatoms. The summed E-state index contributed by atoms with van der Waals surface area (Å²) < 4.78 is 1.42. The van der Waals surface area contributed by atoms with Crippen LogP contribution in [0.2, 0.25) is 0 Å². The van der Waals surface area contributed by atoms with Crippen LogP contribution in [0, 0.1) is 11.3 Å². The van der Waals surface area contributed by atoms with Crippen molar-refractivity contribution in [1.29, 1.82) is 0 Å². The van der Waals surface area contributed by atoms with Crippen molar-refractivity contribution in [3.05, 3.63) is 26.6 Å². The third kappa shape index (κ3) is 3.33. The van der Waals surface area contributed by atoms with Crippen molar-refractivity contribution in [2.45, 2.75) is 79.2 Å². The highest BCUT2D eigenvalue weighted by Gasteiger charge is 2.36. The normalized spacial score (nSPS) is 17.9. The molecule has 0 spiro atoms. The molecule has 0 radical (unpaired) electrons. The van der Waals surface area contributed by atoms with E-state index in [1.807, 2.05) is 6.92 Å². The molecule has 1 unspecified atom stereocenters. The lowest BCUT2D eigenvalue weighted by Gasteiger charge is -2.33. The van der Waals surface area contributed by atoms with E-state index >= 15 is 0 Å². The first-order valence-electron chi connectivity index (χ1n) is 9.78. The van der Waals surface area contributed by atoms with Crippen LogP contribution in [0.3, 0.4) is 0 Å². The molecule has 0 bridgehead atoms. The highest BCUT2D eigenvalue weighted by Crippen LogP contribution is 2.42. The van der Waals surface area contributed by atoms with Gasteiger partial charge in [0.25, 0.3) is 5.56 Å². The van der Waals surface area contributed by atoms with E-state index in [4.69, 9.17) is 4.98 Å². The average Bonchev–Trinajstić information content (AvgIpc) is 2.91. The van der Waals surface area contributed by atoms with Gasteiger partial charge in [-0.25, -0.2) is 9.78 Å². The van der Waals surface area contributed by atoms with Gasteiger partial charge in [-0.1, -0.05) is 27.7 Å². The standard InChI is InChI=1S/C21H30N2O3S/c1-7-8-15-22-17-16(18(24)23(15)21(5,6)19(25)26)13-10-9-12(20(2,3)4)11-14(13)27-17/h12H,7-11H2,1-6H3,(H,25,26). The highest BCUT2D eigenvalue weighted by atomic mass is 32.1. The summed E-state index contributed by atoms with van der Waals surface area (Å²) in [4.78, 5) is 32.1. The Morgan fingerprint density at radius 1 is 1.30 bits per heavy atom. The maximum Gasteiger partial charge on any atom is 0.329 e. The lowest BCUT2D eigenvalue weighted by Crippen LogP contribution is -2.45. The topological polar surface area (TPSA) is 72.2 Å². The molecule has 0 aromatic carbocycles. The number of hydrogen-bond donors (Lipinski definition) is 1. The van der Waals surface area contributed by atoms with Crippen LogP contribution >= 0.6 is 11.3 Å². The largest absolute Gasteiger partial charge is 0.480 e. The van der Waals surface area contributed by atoms with Crippen LogP contribution < -0.4 is 5.56 Å². The molecule has 2 aromatic heterocycles. The zero-order chi connectivity index (χ0) is 20.1. The second-order valence-corrected chi connectivity index (χ2v) is 10.4. The molecule has 0 amide bonds. The number of aromatic nitrogens is 2. The van der Waals surface area contributed by atoms with E-state index in [0.717, 1.165) is 36.1 Å². The summed E-state index contributed by atoms with van der Waals surface area (Å²) in [5, 5.41) is 10.4. The van der Waals surface area contributed by atoms with Crippen LogP contribution in [0.1, 0.15) is 70.6 Å². The third-order valence-electron chi connectivity index (χ3n) is 5.93. The first-order valence-corrected chi connectivity index (χ1v) is 10.6. The molecule has 5 nitrogen and oxygen atoms in total. The summed E-state index contributed by atoms with van der Waals surface area (Å²) in [7, 11) is 0. The Bertz CT molecular complexity index is 947. The third-order valence-corrected chi connectivity index (χ3v) is 7.08. The van der Waals surface area contributed by atoms with Gasteiger partial charge in [0.05, 0.1) is 5.39 Å². The molecule has 0 saturated carbocycles. The fourth-order valence-electron chi connectivity index (χ4n) is 4.07. The predicted octanol–water partition coefficient (Wildman–Crippen LogP) is 4.38. The van der Waals surface area contributed by atoms with Crippen LogP contribution in [-0.4, -0.2) is 20.6 Å². The molecule has 27 heavy (non-hydrogen) atoms. The fraction of sp³-hybridized carbons (Fsp3) is 0.667. The number of aliphatic carboxylic acids is 1. The number of carboxylic acid groups (broad SMARTS) is 1. The first-order chi connectivity index (χ1) is 12.5. The van der Waals surface area contributed by atoms with Crippen molar-refractivity contribution in [2.24, 2.45) is 11.3 Å². The molecule has 0 saturated heterocycles. The molecule has 1 aliphatic rings. The minimum Gasteiger partial charge on any atom is -0.480 e. The van der Waals surface area contributed by atoms with Gasteiger partial charge in [0.1, 0.15) is 16.2 Å². The fourth-order valence-corrected chi connectivity index (χ4v) is 5.38. The van der Waals surface area contributed by atoms with Crippen LogP contribution in [0.15, 0.2) is 4.79 Å². The Balaban J connectivity index is 2.25. The summed E-state index contributed by atoms with van der Waals surface area (Å²) in [5.41, 5.74) is -0.172. The van der Waals surface area contributed by atoms with E-state index in [2.05, 4.69) is 20.8 Å². The predicted molar refractivity (Wildman–Crippen MR) is 110 cm³/mol. The lowest BCUT2D eigenvalue weighted by atomic mass is 9.72. The minimum atomic E-state index is -1.32. The maximum absolute atomic E-state index is 13.5. The molecule has 0 fully saturated rings. The Morgan fingerprint density at radius 2 is 1.96 bits per heavy atom. The van der Waals surface area contributed by atoms with Crippen molar-refractivity contribution >= 4 is 27.5 Å². The van der Waals surface area contributed by atoms with Crippen molar-refractivity contribution in [3.8, 4) is 0 Å². The average molecular weight is 391 g/mol. The molecular weight excluding hydrogens is 360 g/mol.